The highest BCUT2D eigenvalue weighted by Crippen LogP contribution is 2.13. The summed E-state index contributed by atoms with van der Waals surface area (Å²) in [6.07, 6.45) is 0.930. The van der Waals surface area contributed by atoms with Crippen molar-refractivity contribution in [3.8, 4) is 5.75 Å². The second-order valence-corrected chi connectivity index (χ2v) is 2.71. The normalized spacial score (nSPS) is 9.62. The van der Waals surface area contributed by atoms with Crippen molar-refractivity contribution >= 4 is 5.91 Å². The van der Waals surface area contributed by atoms with Crippen molar-refractivity contribution < 1.29 is 9.53 Å². The third-order valence-electron chi connectivity index (χ3n) is 1.57. The molecule has 0 aromatic heterocycles. The van der Waals surface area contributed by atoms with Gasteiger partial charge in [0.15, 0.2) is 0 Å². The number of benzene rings is 1. The van der Waals surface area contributed by atoms with Gasteiger partial charge < -0.3 is 4.74 Å². The Hall–Kier alpha value is -1.51. The fourth-order valence-electron chi connectivity index (χ4n) is 0.947. The SMILES string of the molecule is CCCOc1cccc(C([NH])=O)c1. The molecule has 0 saturated heterocycles. The number of rotatable bonds is 4. The molecule has 0 heterocycles. The Morgan fingerprint density at radius 3 is 2.92 bits per heavy atom. The summed E-state index contributed by atoms with van der Waals surface area (Å²) in [6, 6.07) is 6.69. The Bertz CT molecular complexity index is 297. The Morgan fingerprint density at radius 1 is 1.54 bits per heavy atom. The van der Waals surface area contributed by atoms with E-state index in [9.17, 15) is 4.79 Å². The van der Waals surface area contributed by atoms with Gasteiger partial charge in [0.1, 0.15) is 5.75 Å². The molecule has 1 N–H and O–H groups in total. The fraction of sp³-hybridized carbons (Fsp3) is 0.300. The van der Waals surface area contributed by atoms with Crippen LogP contribution in [0.4, 0.5) is 0 Å². The minimum atomic E-state index is -0.679. The van der Waals surface area contributed by atoms with Gasteiger partial charge in [-0.15, -0.1) is 0 Å². The van der Waals surface area contributed by atoms with Crippen LogP contribution in [0.3, 0.4) is 0 Å². The van der Waals surface area contributed by atoms with Crippen LogP contribution in [0, 0.1) is 0 Å². The van der Waals surface area contributed by atoms with Crippen LogP contribution in [-0.4, -0.2) is 12.5 Å². The van der Waals surface area contributed by atoms with E-state index in [1.54, 1.807) is 24.3 Å². The molecular formula is C10H12NO2. The second kappa shape index (κ2) is 4.50. The number of hydrogen-bond donors (Lipinski definition) is 0. The quantitative estimate of drug-likeness (QED) is 0.707. The predicted molar refractivity (Wildman–Crippen MR) is 49.7 cm³/mol. The zero-order valence-corrected chi connectivity index (χ0v) is 7.54. The molecule has 0 fully saturated rings. The molecule has 0 saturated carbocycles. The van der Waals surface area contributed by atoms with Crippen LogP contribution in [0.5, 0.6) is 5.75 Å². The molecule has 0 aliphatic heterocycles. The lowest BCUT2D eigenvalue weighted by Gasteiger charge is -2.04. The van der Waals surface area contributed by atoms with Crippen molar-refractivity contribution in [2.75, 3.05) is 6.61 Å². The molecule has 0 atom stereocenters. The van der Waals surface area contributed by atoms with E-state index in [1.165, 1.54) is 0 Å². The summed E-state index contributed by atoms with van der Waals surface area (Å²) in [5, 5.41) is 0. The van der Waals surface area contributed by atoms with Crippen molar-refractivity contribution in [3.05, 3.63) is 29.8 Å². The predicted octanol–water partition coefficient (Wildman–Crippen LogP) is 1.90. The molecule has 0 bridgehead atoms. The van der Waals surface area contributed by atoms with Gasteiger partial charge in [-0.1, -0.05) is 13.0 Å². The van der Waals surface area contributed by atoms with E-state index >= 15 is 0 Å². The molecular weight excluding hydrogens is 166 g/mol. The van der Waals surface area contributed by atoms with Crippen LogP contribution < -0.4 is 10.5 Å². The average molecular weight is 178 g/mol. The van der Waals surface area contributed by atoms with Crippen molar-refractivity contribution in [2.45, 2.75) is 13.3 Å². The summed E-state index contributed by atoms with van der Waals surface area (Å²) in [5.74, 6) is -0.0260. The Morgan fingerprint density at radius 2 is 2.31 bits per heavy atom. The van der Waals surface area contributed by atoms with E-state index in [4.69, 9.17) is 10.5 Å². The highest BCUT2D eigenvalue weighted by atomic mass is 16.5. The highest BCUT2D eigenvalue weighted by molar-refractivity contribution is 5.92. The van der Waals surface area contributed by atoms with Gasteiger partial charge >= 0.3 is 0 Å². The first-order valence-corrected chi connectivity index (χ1v) is 4.23. The Balaban J connectivity index is 2.73. The minimum Gasteiger partial charge on any atom is -0.494 e. The molecule has 0 aliphatic rings. The van der Waals surface area contributed by atoms with Gasteiger partial charge in [0.2, 0.25) is 0 Å². The van der Waals surface area contributed by atoms with Gasteiger partial charge in [0, 0.05) is 5.56 Å². The summed E-state index contributed by atoms with van der Waals surface area (Å²) >= 11 is 0. The standard InChI is InChI=1S/C10H12NO2/c1-2-6-13-9-5-3-4-8(7-9)10(11)12/h3-5,7,11H,2,6H2,1H3. The topological polar surface area (TPSA) is 50.1 Å². The highest BCUT2D eigenvalue weighted by Gasteiger charge is 2.01. The number of amides is 1. The third-order valence-corrected chi connectivity index (χ3v) is 1.57. The van der Waals surface area contributed by atoms with Crippen molar-refractivity contribution in [1.82, 2.24) is 5.73 Å². The van der Waals surface area contributed by atoms with Gasteiger partial charge in [-0.2, -0.15) is 0 Å². The number of carbonyl (C=O) groups is 1. The molecule has 1 aromatic carbocycles. The molecule has 69 valence electrons. The molecule has 3 heteroatoms. The Kier molecular flexibility index (Phi) is 3.31. The first-order valence-electron chi connectivity index (χ1n) is 4.23. The van der Waals surface area contributed by atoms with E-state index in [0.29, 0.717) is 17.9 Å². The molecule has 1 aromatic rings. The van der Waals surface area contributed by atoms with Crippen molar-refractivity contribution in [3.63, 3.8) is 0 Å². The van der Waals surface area contributed by atoms with E-state index in [-0.39, 0.29) is 0 Å². The molecule has 0 unspecified atom stereocenters. The largest absolute Gasteiger partial charge is 0.494 e. The molecule has 0 aliphatic carbocycles. The third kappa shape index (κ3) is 2.78. The second-order valence-electron chi connectivity index (χ2n) is 2.71. The maximum absolute atomic E-state index is 10.7. The summed E-state index contributed by atoms with van der Waals surface area (Å²) in [7, 11) is 0. The summed E-state index contributed by atoms with van der Waals surface area (Å²) in [4.78, 5) is 10.7. The fourth-order valence-corrected chi connectivity index (χ4v) is 0.947. The van der Waals surface area contributed by atoms with Gasteiger partial charge in [-0.25, -0.2) is 0 Å². The van der Waals surface area contributed by atoms with E-state index in [2.05, 4.69) is 0 Å². The van der Waals surface area contributed by atoms with E-state index < -0.39 is 5.91 Å². The van der Waals surface area contributed by atoms with E-state index in [1.807, 2.05) is 6.92 Å². The van der Waals surface area contributed by atoms with Crippen LogP contribution in [0.25, 0.3) is 0 Å². The number of hydrogen-bond acceptors (Lipinski definition) is 2. The first kappa shape index (κ1) is 9.58. The zero-order chi connectivity index (χ0) is 9.68. The number of carbonyl (C=O) groups excluding carboxylic acids is 1. The monoisotopic (exact) mass is 178 g/mol. The van der Waals surface area contributed by atoms with Gasteiger partial charge in [0.05, 0.1) is 6.61 Å². The first-order chi connectivity index (χ1) is 6.24. The molecule has 1 amide bonds. The van der Waals surface area contributed by atoms with E-state index in [0.717, 1.165) is 6.42 Å². The zero-order valence-electron chi connectivity index (χ0n) is 7.54. The lowest BCUT2D eigenvalue weighted by molar-refractivity contribution is 0.0991. The van der Waals surface area contributed by atoms with Crippen molar-refractivity contribution in [2.24, 2.45) is 0 Å². The summed E-state index contributed by atoms with van der Waals surface area (Å²) in [6.45, 7) is 2.65. The smallest absolute Gasteiger partial charge is 0.269 e. The summed E-state index contributed by atoms with van der Waals surface area (Å²) < 4.78 is 5.31. The number of nitrogens with one attached hydrogen (secondary N) is 1. The molecule has 3 nitrogen and oxygen atoms in total. The lowest BCUT2D eigenvalue weighted by atomic mass is 10.2. The van der Waals surface area contributed by atoms with Crippen LogP contribution in [0.1, 0.15) is 23.7 Å². The van der Waals surface area contributed by atoms with Crippen LogP contribution >= 0.6 is 0 Å². The lowest BCUT2D eigenvalue weighted by Crippen LogP contribution is -2.00. The molecule has 1 radical (unpaired) electrons. The number of ether oxygens (including phenoxy) is 1. The van der Waals surface area contributed by atoms with Gasteiger partial charge in [0.25, 0.3) is 5.91 Å². The van der Waals surface area contributed by atoms with Gasteiger partial charge in [-0.05, 0) is 24.6 Å². The molecule has 1 rings (SSSR count). The molecule has 0 spiro atoms. The van der Waals surface area contributed by atoms with Crippen LogP contribution in [0.2, 0.25) is 0 Å². The summed E-state index contributed by atoms with van der Waals surface area (Å²) in [5.41, 5.74) is 7.27. The minimum absolute atomic E-state index is 0.369. The maximum atomic E-state index is 10.7. The van der Waals surface area contributed by atoms with Gasteiger partial charge in [-0.3, -0.25) is 10.5 Å². The Labute approximate surface area is 77.5 Å². The van der Waals surface area contributed by atoms with Crippen LogP contribution in [-0.2, 0) is 0 Å². The van der Waals surface area contributed by atoms with Crippen molar-refractivity contribution in [1.29, 1.82) is 0 Å². The molecule has 13 heavy (non-hydrogen) atoms. The van der Waals surface area contributed by atoms with Crippen LogP contribution in [0.15, 0.2) is 24.3 Å². The maximum Gasteiger partial charge on any atom is 0.269 e. The average Bonchev–Trinajstić information content (AvgIpc) is 2.15.